The van der Waals surface area contributed by atoms with Crippen molar-refractivity contribution < 1.29 is 14.6 Å². The molecule has 5 heteroatoms. The zero-order valence-corrected chi connectivity index (χ0v) is 12.9. The molecule has 3 heterocycles. The van der Waals surface area contributed by atoms with Crippen molar-refractivity contribution in [3.05, 3.63) is 40.8 Å². The molecule has 0 saturated carbocycles. The standard InChI is InChI=1S/C17H17NO3S/c19-12-5-7-18(8-6-12)17(20)15-9-11-10-21-14-4-2-1-3-13(14)16(11)22-15/h1-4,9,12,19H,5-8,10H2. The largest absolute Gasteiger partial charge is 0.488 e. The normalized spacial score (nSPS) is 17.6. The van der Waals surface area contributed by atoms with E-state index in [-0.39, 0.29) is 12.0 Å². The minimum Gasteiger partial charge on any atom is -0.488 e. The number of rotatable bonds is 1. The number of piperidine rings is 1. The molecule has 4 rings (SSSR count). The number of thiophene rings is 1. The fraction of sp³-hybridized carbons (Fsp3) is 0.353. The molecular formula is C17H17NO3S. The van der Waals surface area contributed by atoms with Crippen LogP contribution in [0.5, 0.6) is 5.75 Å². The third-order valence-corrected chi connectivity index (χ3v) is 5.48. The lowest BCUT2D eigenvalue weighted by Gasteiger charge is -2.29. The summed E-state index contributed by atoms with van der Waals surface area (Å²) >= 11 is 1.55. The molecule has 114 valence electrons. The second kappa shape index (κ2) is 5.41. The molecule has 0 radical (unpaired) electrons. The van der Waals surface area contributed by atoms with Crippen LogP contribution in [0, 0.1) is 0 Å². The number of ether oxygens (including phenoxy) is 1. The summed E-state index contributed by atoms with van der Waals surface area (Å²) < 4.78 is 5.75. The average molecular weight is 315 g/mol. The number of benzene rings is 1. The van der Waals surface area contributed by atoms with Crippen LogP contribution in [0.3, 0.4) is 0 Å². The van der Waals surface area contributed by atoms with Crippen LogP contribution in [-0.2, 0) is 6.61 Å². The SMILES string of the molecule is O=C(c1cc2c(s1)-c1ccccc1OC2)N1CCC(O)CC1. The van der Waals surface area contributed by atoms with Gasteiger partial charge in [-0.3, -0.25) is 4.79 Å². The number of carbonyl (C=O) groups excluding carboxylic acids is 1. The number of likely N-dealkylation sites (tertiary alicyclic amines) is 1. The number of fused-ring (bicyclic) bond motifs is 3. The van der Waals surface area contributed by atoms with E-state index in [1.807, 2.05) is 35.2 Å². The summed E-state index contributed by atoms with van der Waals surface area (Å²) in [6.07, 6.45) is 1.08. The van der Waals surface area contributed by atoms with Gasteiger partial charge in [0.15, 0.2) is 0 Å². The van der Waals surface area contributed by atoms with Gasteiger partial charge in [-0.1, -0.05) is 12.1 Å². The highest BCUT2D eigenvalue weighted by Gasteiger charge is 2.27. The maximum atomic E-state index is 12.7. The third kappa shape index (κ3) is 2.30. The highest BCUT2D eigenvalue weighted by atomic mass is 32.1. The minimum atomic E-state index is -0.263. The van der Waals surface area contributed by atoms with E-state index < -0.39 is 0 Å². The van der Waals surface area contributed by atoms with E-state index in [4.69, 9.17) is 4.74 Å². The Bertz CT molecular complexity index is 716. The predicted octanol–water partition coefficient (Wildman–Crippen LogP) is 2.90. The van der Waals surface area contributed by atoms with Gasteiger partial charge in [-0.15, -0.1) is 11.3 Å². The van der Waals surface area contributed by atoms with Gasteiger partial charge in [-0.25, -0.2) is 0 Å². The number of para-hydroxylation sites is 1. The smallest absolute Gasteiger partial charge is 0.263 e. The lowest BCUT2D eigenvalue weighted by molar-refractivity contribution is 0.0550. The van der Waals surface area contributed by atoms with Gasteiger partial charge >= 0.3 is 0 Å². The quantitative estimate of drug-likeness (QED) is 0.880. The number of hydrogen-bond donors (Lipinski definition) is 1. The van der Waals surface area contributed by atoms with E-state index in [1.165, 1.54) is 0 Å². The maximum Gasteiger partial charge on any atom is 0.263 e. The number of aliphatic hydroxyl groups excluding tert-OH is 1. The Morgan fingerprint density at radius 1 is 1.27 bits per heavy atom. The Balaban J connectivity index is 1.63. The van der Waals surface area contributed by atoms with Crippen LogP contribution in [0.25, 0.3) is 10.4 Å². The molecule has 2 aliphatic rings. The van der Waals surface area contributed by atoms with Gasteiger partial charge in [0.2, 0.25) is 0 Å². The summed E-state index contributed by atoms with van der Waals surface area (Å²) in [5.41, 5.74) is 2.16. The van der Waals surface area contributed by atoms with Crippen LogP contribution in [-0.4, -0.2) is 35.1 Å². The number of nitrogens with zero attached hydrogens (tertiary/aromatic N) is 1. The van der Waals surface area contributed by atoms with E-state index in [0.29, 0.717) is 32.5 Å². The lowest BCUT2D eigenvalue weighted by atomic mass is 10.1. The van der Waals surface area contributed by atoms with Gasteiger partial charge in [0.25, 0.3) is 5.91 Å². The molecule has 2 aliphatic heterocycles. The molecule has 1 fully saturated rings. The van der Waals surface area contributed by atoms with Crippen LogP contribution in [0.15, 0.2) is 30.3 Å². The molecule has 4 nitrogen and oxygen atoms in total. The third-order valence-electron chi connectivity index (χ3n) is 4.29. The molecule has 0 unspecified atom stereocenters. The fourth-order valence-corrected chi connectivity index (χ4v) is 4.19. The Labute approximate surface area is 133 Å². The molecule has 1 aromatic carbocycles. The summed E-state index contributed by atoms with van der Waals surface area (Å²) in [5, 5.41) is 9.57. The van der Waals surface area contributed by atoms with E-state index in [2.05, 4.69) is 0 Å². The minimum absolute atomic E-state index is 0.0729. The van der Waals surface area contributed by atoms with Gasteiger partial charge in [-0.2, -0.15) is 0 Å². The lowest BCUT2D eigenvalue weighted by Crippen LogP contribution is -2.39. The molecule has 22 heavy (non-hydrogen) atoms. The zero-order valence-electron chi connectivity index (χ0n) is 12.1. The Kier molecular flexibility index (Phi) is 3.39. The molecule has 2 aromatic rings. The molecule has 1 aromatic heterocycles. The average Bonchev–Trinajstić information content (AvgIpc) is 2.99. The van der Waals surface area contributed by atoms with Crippen molar-refractivity contribution in [2.24, 2.45) is 0 Å². The second-order valence-electron chi connectivity index (χ2n) is 5.77. The highest BCUT2D eigenvalue weighted by Crippen LogP contribution is 2.42. The Morgan fingerprint density at radius 3 is 2.86 bits per heavy atom. The van der Waals surface area contributed by atoms with Gasteiger partial charge in [0.1, 0.15) is 12.4 Å². The molecule has 0 spiro atoms. The molecule has 1 amide bonds. The first-order valence-corrected chi connectivity index (χ1v) is 8.36. The molecule has 0 aliphatic carbocycles. The monoisotopic (exact) mass is 315 g/mol. The first-order chi connectivity index (χ1) is 10.7. The van der Waals surface area contributed by atoms with Crippen LogP contribution in [0.4, 0.5) is 0 Å². The van der Waals surface area contributed by atoms with E-state index in [1.54, 1.807) is 11.3 Å². The van der Waals surface area contributed by atoms with Crippen molar-refractivity contribution in [2.75, 3.05) is 13.1 Å². The van der Waals surface area contributed by atoms with Gasteiger partial charge in [0.05, 0.1) is 11.0 Å². The van der Waals surface area contributed by atoms with Crippen molar-refractivity contribution in [3.63, 3.8) is 0 Å². The van der Waals surface area contributed by atoms with Gasteiger partial charge in [-0.05, 0) is 31.0 Å². The maximum absolute atomic E-state index is 12.7. The van der Waals surface area contributed by atoms with Crippen molar-refractivity contribution >= 4 is 17.2 Å². The Hall–Kier alpha value is -1.85. The fourth-order valence-electron chi connectivity index (χ4n) is 3.03. The number of aliphatic hydroxyl groups is 1. The number of hydrogen-bond acceptors (Lipinski definition) is 4. The van der Waals surface area contributed by atoms with Gasteiger partial charge < -0.3 is 14.7 Å². The molecular weight excluding hydrogens is 298 g/mol. The highest BCUT2D eigenvalue weighted by molar-refractivity contribution is 7.17. The van der Waals surface area contributed by atoms with E-state index in [0.717, 1.165) is 26.6 Å². The van der Waals surface area contributed by atoms with E-state index >= 15 is 0 Å². The van der Waals surface area contributed by atoms with Crippen LogP contribution in [0.2, 0.25) is 0 Å². The topological polar surface area (TPSA) is 49.8 Å². The predicted molar refractivity (Wildman–Crippen MR) is 85.2 cm³/mol. The zero-order chi connectivity index (χ0) is 15.1. The van der Waals surface area contributed by atoms with Crippen molar-refractivity contribution in [2.45, 2.75) is 25.6 Å². The Morgan fingerprint density at radius 2 is 2.05 bits per heavy atom. The molecule has 0 bridgehead atoms. The van der Waals surface area contributed by atoms with Gasteiger partial charge in [0, 0.05) is 29.1 Å². The molecule has 1 saturated heterocycles. The van der Waals surface area contributed by atoms with Crippen LogP contribution < -0.4 is 4.74 Å². The van der Waals surface area contributed by atoms with Crippen LogP contribution >= 0.6 is 11.3 Å². The number of carbonyl (C=O) groups is 1. The van der Waals surface area contributed by atoms with Crippen molar-refractivity contribution in [3.8, 4) is 16.2 Å². The number of amides is 1. The first kappa shape index (κ1) is 13.8. The summed E-state index contributed by atoms with van der Waals surface area (Å²) in [6, 6.07) is 9.91. The van der Waals surface area contributed by atoms with Crippen molar-refractivity contribution in [1.82, 2.24) is 4.90 Å². The van der Waals surface area contributed by atoms with Crippen LogP contribution in [0.1, 0.15) is 28.1 Å². The summed E-state index contributed by atoms with van der Waals surface area (Å²) in [6.45, 7) is 1.79. The first-order valence-electron chi connectivity index (χ1n) is 7.54. The summed E-state index contributed by atoms with van der Waals surface area (Å²) in [5.74, 6) is 0.959. The summed E-state index contributed by atoms with van der Waals surface area (Å²) in [4.78, 5) is 16.4. The van der Waals surface area contributed by atoms with Crippen molar-refractivity contribution in [1.29, 1.82) is 0 Å². The van der Waals surface area contributed by atoms with E-state index in [9.17, 15) is 9.90 Å². The summed E-state index contributed by atoms with van der Waals surface area (Å²) in [7, 11) is 0. The molecule has 1 N–H and O–H groups in total. The molecule has 0 atom stereocenters. The second-order valence-corrected chi connectivity index (χ2v) is 6.83.